The fraction of sp³-hybridized carbons (Fsp3) is 0.238. The van der Waals surface area contributed by atoms with E-state index in [-0.39, 0.29) is 5.91 Å². The van der Waals surface area contributed by atoms with E-state index in [2.05, 4.69) is 25.4 Å². The van der Waals surface area contributed by atoms with Gasteiger partial charge < -0.3 is 19.6 Å². The second kappa shape index (κ2) is 7.75. The summed E-state index contributed by atoms with van der Waals surface area (Å²) in [5.41, 5.74) is 2.97. The minimum absolute atomic E-state index is 0.245. The van der Waals surface area contributed by atoms with Crippen LogP contribution in [0, 0.1) is 6.92 Å². The molecule has 4 rings (SSSR count). The molecule has 0 fully saturated rings. The van der Waals surface area contributed by atoms with E-state index in [4.69, 9.17) is 9.26 Å². The molecule has 29 heavy (non-hydrogen) atoms. The number of hydrogen-bond donors (Lipinski definition) is 2. The maximum atomic E-state index is 12.8. The number of nitrogens with one attached hydrogen (secondary N) is 2. The lowest BCUT2D eigenvalue weighted by Crippen LogP contribution is -2.27. The van der Waals surface area contributed by atoms with Crippen LogP contribution < -0.4 is 10.1 Å². The molecule has 0 saturated carbocycles. The van der Waals surface area contributed by atoms with E-state index in [0.717, 1.165) is 27.8 Å². The molecular formula is C21H21N5O3. The number of H-pyrrole nitrogens is 1. The molecule has 3 aromatic heterocycles. The van der Waals surface area contributed by atoms with Crippen LogP contribution in [0.3, 0.4) is 0 Å². The highest BCUT2D eigenvalue weighted by Gasteiger charge is 2.21. The average Bonchev–Trinajstić information content (AvgIpc) is 3.35. The Hall–Kier alpha value is -3.68. The van der Waals surface area contributed by atoms with E-state index in [1.54, 1.807) is 25.4 Å². The van der Waals surface area contributed by atoms with Crippen LogP contribution in [0.25, 0.3) is 22.3 Å². The summed E-state index contributed by atoms with van der Waals surface area (Å²) in [5.74, 6) is 1.28. The fourth-order valence-electron chi connectivity index (χ4n) is 3.14. The van der Waals surface area contributed by atoms with Crippen LogP contribution in [0.15, 0.2) is 47.2 Å². The molecule has 148 valence electrons. The molecule has 1 atom stereocenters. The number of aromatic nitrogens is 4. The third-order valence-electron chi connectivity index (χ3n) is 4.65. The Balaban J connectivity index is 1.53. The van der Waals surface area contributed by atoms with Gasteiger partial charge in [-0.2, -0.15) is 4.98 Å². The van der Waals surface area contributed by atoms with Gasteiger partial charge in [0.15, 0.2) is 0 Å². The summed E-state index contributed by atoms with van der Waals surface area (Å²) < 4.78 is 10.9. The summed E-state index contributed by atoms with van der Waals surface area (Å²) in [5, 5.41) is 7.82. The number of amides is 1. The zero-order valence-electron chi connectivity index (χ0n) is 16.4. The predicted octanol–water partition coefficient (Wildman–Crippen LogP) is 3.81. The molecule has 0 saturated heterocycles. The SMILES string of the molecule is CCOc1ccc2[nH]c(C(=O)N[C@@H](C)c3nc(-c4cccnc4)no3)c(C)c2c1. The van der Waals surface area contributed by atoms with E-state index < -0.39 is 6.04 Å². The first kappa shape index (κ1) is 18.7. The van der Waals surface area contributed by atoms with Crippen molar-refractivity contribution in [3.8, 4) is 17.1 Å². The minimum atomic E-state index is -0.454. The smallest absolute Gasteiger partial charge is 0.268 e. The number of hydrogen-bond acceptors (Lipinski definition) is 6. The number of carbonyl (C=O) groups excluding carboxylic acids is 1. The molecule has 0 bridgehead atoms. The summed E-state index contributed by atoms with van der Waals surface area (Å²) in [4.78, 5) is 24.4. The summed E-state index contributed by atoms with van der Waals surface area (Å²) in [6.45, 7) is 6.22. The number of nitrogens with zero attached hydrogens (tertiary/aromatic N) is 3. The van der Waals surface area contributed by atoms with Crippen molar-refractivity contribution in [3.05, 3.63) is 59.9 Å². The molecule has 1 amide bonds. The van der Waals surface area contributed by atoms with Crippen LogP contribution in [0.4, 0.5) is 0 Å². The van der Waals surface area contributed by atoms with Gasteiger partial charge in [0.1, 0.15) is 17.5 Å². The lowest BCUT2D eigenvalue weighted by atomic mass is 10.1. The molecule has 0 radical (unpaired) electrons. The molecule has 1 aromatic carbocycles. The number of benzene rings is 1. The van der Waals surface area contributed by atoms with E-state index >= 15 is 0 Å². The molecule has 3 heterocycles. The zero-order chi connectivity index (χ0) is 20.4. The maximum Gasteiger partial charge on any atom is 0.268 e. The first-order chi connectivity index (χ1) is 14.1. The lowest BCUT2D eigenvalue weighted by Gasteiger charge is -2.09. The number of fused-ring (bicyclic) bond motifs is 1. The van der Waals surface area contributed by atoms with Gasteiger partial charge in [0.05, 0.1) is 6.61 Å². The van der Waals surface area contributed by atoms with Crippen LogP contribution >= 0.6 is 0 Å². The molecule has 4 aromatic rings. The largest absolute Gasteiger partial charge is 0.494 e. The van der Waals surface area contributed by atoms with Gasteiger partial charge in [-0.3, -0.25) is 9.78 Å². The third-order valence-corrected chi connectivity index (χ3v) is 4.65. The van der Waals surface area contributed by atoms with E-state index in [9.17, 15) is 4.79 Å². The number of rotatable bonds is 6. The van der Waals surface area contributed by atoms with Gasteiger partial charge in [0.25, 0.3) is 5.91 Å². The standard InChI is InChI=1S/C21H21N5O3/c1-4-28-15-7-8-17-16(10-15)12(2)18(24-17)20(27)23-13(3)21-25-19(26-29-21)14-6-5-9-22-11-14/h5-11,13,24H,4H2,1-3H3,(H,23,27)/t13-/m0/s1. The summed E-state index contributed by atoms with van der Waals surface area (Å²) in [6, 6.07) is 8.91. The monoisotopic (exact) mass is 391 g/mol. The van der Waals surface area contributed by atoms with E-state index in [1.807, 2.05) is 38.1 Å². The molecule has 0 unspecified atom stereocenters. The Bertz CT molecular complexity index is 1150. The highest BCUT2D eigenvalue weighted by atomic mass is 16.5. The predicted molar refractivity (Wildman–Crippen MR) is 108 cm³/mol. The van der Waals surface area contributed by atoms with Gasteiger partial charge in [-0.15, -0.1) is 0 Å². The zero-order valence-corrected chi connectivity index (χ0v) is 16.4. The summed E-state index contributed by atoms with van der Waals surface area (Å²) >= 11 is 0. The second-order valence-electron chi connectivity index (χ2n) is 6.66. The van der Waals surface area contributed by atoms with Crippen LogP contribution in [-0.4, -0.2) is 32.6 Å². The van der Waals surface area contributed by atoms with Gasteiger partial charge in [-0.25, -0.2) is 0 Å². The van der Waals surface area contributed by atoms with Gasteiger partial charge in [0, 0.05) is 28.9 Å². The number of aryl methyl sites for hydroxylation is 1. The third kappa shape index (κ3) is 3.69. The van der Waals surface area contributed by atoms with Crippen molar-refractivity contribution < 1.29 is 14.1 Å². The maximum absolute atomic E-state index is 12.8. The highest BCUT2D eigenvalue weighted by molar-refractivity contribution is 6.01. The van der Waals surface area contributed by atoms with Gasteiger partial charge in [-0.05, 0) is 56.7 Å². The Morgan fingerprint density at radius 2 is 2.21 bits per heavy atom. The summed E-state index contributed by atoms with van der Waals surface area (Å²) in [7, 11) is 0. The fourth-order valence-corrected chi connectivity index (χ4v) is 3.14. The van der Waals surface area contributed by atoms with Crippen LogP contribution in [0.2, 0.25) is 0 Å². The van der Waals surface area contributed by atoms with Crippen molar-refractivity contribution in [3.63, 3.8) is 0 Å². The highest BCUT2D eigenvalue weighted by Crippen LogP contribution is 2.26. The molecular weight excluding hydrogens is 370 g/mol. The topological polar surface area (TPSA) is 106 Å². The van der Waals surface area contributed by atoms with Crippen molar-refractivity contribution in [2.75, 3.05) is 6.61 Å². The molecule has 2 N–H and O–H groups in total. The minimum Gasteiger partial charge on any atom is -0.494 e. The molecule has 0 spiro atoms. The molecule has 0 aliphatic heterocycles. The molecule has 0 aliphatic rings. The first-order valence-electron chi connectivity index (χ1n) is 9.36. The number of pyridine rings is 1. The summed E-state index contributed by atoms with van der Waals surface area (Å²) in [6.07, 6.45) is 3.33. The molecule has 8 nitrogen and oxygen atoms in total. The van der Waals surface area contributed by atoms with Crippen molar-refractivity contribution >= 4 is 16.8 Å². The molecule has 8 heteroatoms. The normalized spacial score (nSPS) is 12.1. The van der Waals surface area contributed by atoms with Crippen LogP contribution in [0.5, 0.6) is 5.75 Å². The van der Waals surface area contributed by atoms with Gasteiger partial charge in [0.2, 0.25) is 11.7 Å². The van der Waals surface area contributed by atoms with Crippen molar-refractivity contribution in [2.24, 2.45) is 0 Å². The van der Waals surface area contributed by atoms with Crippen LogP contribution in [-0.2, 0) is 0 Å². The Morgan fingerprint density at radius 1 is 1.34 bits per heavy atom. The van der Waals surface area contributed by atoms with Gasteiger partial charge >= 0.3 is 0 Å². The van der Waals surface area contributed by atoms with Crippen molar-refractivity contribution in [1.82, 2.24) is 25.4 Å². The molecule has 0 aliphatic carbocycles. The Morgan fingerprint density at radius 3 is 2.97 bits per heavy atom. The van der Waals surface area contributed by atoms with Gasteiger partial charge in [-0.1, -0.05) is 5.16 Å². The van der Waals surface area contributed by atoms with Crippen molar-refractivity contribution in [1.29, 1.82) is 0 Å². The first-order valence-corrected chi connectivity index (χ1v) is 9.36. The number of carbonyl (C=O) groups is 1. The number of aromatic amines is 1. The quantitative estimate of drug-likeness (QED) is 0.518. The van der Waals surface area contributed by atoms with Crippen LogP contribution in [0.1, 0.15) is 41.8 Å². The Labute approximate surface area is 167 Å². The lowest BCUT2D eigenvalue weighted by molar-refractivity contribution is 0.0927. The second-order valence-corrected chi connectivity index (χ2v) is 6.66. The van der Waals surface area contributed by atoms with Crippen molar-refractivity contribution in [2.45, 2.75) is 26.8 Å². The van der Waals surface area contributed by atoms with E-state index in [0.29, 0.717) is 24.0 Å². The van der Waals surface area contributed by atoms with E-state index in [1.165, 1.54) is 0 Å². The number of ether oxygens (including phenoxy) is 1. The average molecular weight is 391 g/mol. The Kier molecular flexibility index (Phi) is 4.99.